The Morgan fingerprint density at radius 3 is 2.61 bits per heavy atom. The van der Waals surface area contributed by atoms with Gasteiger partial charge in [-0.05, 0) is 31.4 Å². The molecule has 1 saturated carbocycles. The summed E-state index contributed by atoms with van der Waals surface area (Å²) in [6, 6.07) is 6.65. The lowest BCUT2D eigenvalue weighted by atomic mass is 9.95. The van der Waals surface area contributed by atoms with Crippen LogP contribution in [0.4, 0.5) is 11.4 Å². The van der Waals surface area contributed by atoms with Gasteiger partial charge in [-0.25, -0.2) is 0 Å². The molecule has 0 spiro atoms. The number of rotatable bonds is 8. The summed E-state index contributed by atoms with van der Waals surface area (Å²) >= 11 is 0. The molecule has 0 amide bonds. The number of nitro benzene ring substituents is 1. The summed E-state index contributed by atoms with van der Waals surface area (Å²) in [6.07, 6.45) is 4.12. The van der Waals surface area contributed by atoms with E-state index in [0.29, 0.717) is 19.1 Å². The lowest BCUT2D eigenvalue weighted by molar-refractivity contribution is -0.384. The summed E-state index contributed by atoms with van der Waals surface area (Å²) in [4.78, 5) is 14.5. The maximum atomic E-state index is 12.1. The summed E-state index contributed by atoms with van der Waals surface area (Å²) in [5.74, 6) is 1.46. The minimum absolute atomic E-state index is 0. The van der Waals surface area contributed by atoms with Crippen LogP contribution in [0.5, 0.6) is 0 Å². The molecule has 1 aromatic rings. The molecule has 0 saturated heterocycles. The molecule has 2 rings (SSSR count). The van der Waals surface area contributed by atoms with Crippen molar-refractivity contribution < 1.29 is 9.13 Å². The van der Waals surface area contributed by atoms with Gasteiger partial charge in [0, 0.05) is 65.8 Å². The molecule has 0 aromatic heterocycles. The average molecular weight is 523 g/mol. The van der Waals surface area contributed by atoms with Gasteiger partial charge in [0.05, 0.1) is 4.92 Å². The van der Waals surface area contributed by atoms with Gasteiger partial charge in [0.15, 0.2) is 5.96 Å². The van der Waals surface area contributed by atoms with Crippen molar-refractivity contribution in [1.29, 1.82) is 0 Å². The van der Waals surface area contributed by atoms with Crippen LogP contribution in [0.2, 0.25) is 0 Å². The van der Waals surface area contributed by atoms with Crippen LogP contribution in [0.1, 0.15) is 32.6 Å². The number of aliphatic imine (C=N–C) groups is 1. The highest BCUT2D eigenvalue weighted by atomic mass is 127. The zero-order valence-corrected chi connectivity index (χ0v) is 19.5. The zero-order chi connectivity index (χ0) is 19.6. The third kappa shape index (κ3) is 7.90. The van der Waals surface area contributed by atoms with Crippen LogP contribution in [0.25, 0.3) is 0 Å². The fourth-order valence-electron chi connectivity index (χ4n) is 3.23. The number of guanidine groups is 1. The van der Waals surface area contributed by atoms with Gasteiger partial charge < -0.3 is 16.0 Å². The Morgan fingerprint density at radius 1 is 1.29 bits per heavy atom. The summed E-state index contributed by atoms with van der Waals surface area (Å²) in [6.45, 7) is 3.30. The van der Waals surface area contributed by atoms with Crippen molar-refractivity contribution in [3.8, 4) is 0 Å². The van der Waals surface area contributed by atoms with Crippen LogP contribution < -0.4 is 16.0 Å². The fourth-order valence-corrected chi connectivity index (χ4v) is 4.58. The first-order valence-electron chi connectivity index (χ1n) is 9.36. The van der Waals surface area contributed by atoms with Crippen molar-refractivity contribution in [2.45, 2.75) is 43.9 Å². The molecule has 3 atom stereocenters. The molecule has 0 aliphatic heterocycles. The number of nitro groups is 1. The van der Waals surface area contributed by atoms with E-state index in [4.69, 9.17) is 0 Å². The molecule has 28 heavy (non-hydrogen) atoms. The van der Waals surface area contributed by atoms with Gasteiger partial charge in [-0.15, -0.1) is 24.0 Å². The Kier molecular flexibility index (Phi) is 11.4. The SMILES string of the molecule is CCS(=O)C1CCCC(NC(=NC)NCCNc2ccc([N+](=O)[O-])cc2)C1.I. The highest BCUT2D eigenvalue weighted by Crippen LogP contribution is 2.23. The molecule has 3 N–H and O–H groups in total. The first-order valence-corrected chi connectivity index (χ1v) is 10.7. The molecule has 1 aromatic carbocycles. The van der Waals surface area contributed by atoms with Crippen LogP contribution in [-0.2, 0) is 10.8 Å². The van der Waals surface area contributed by atoms with Crippen molar-refractivity contribution in [2.75, 3.05) is 31.2 Å². The quantitative estimate of drug-likeness (QED) is 0.121. The standard InChI is InChI=1S/C18H29N5O3S.HI/c1-3-27(26)17-6-4-5-15(13-17)22-18(19-2)21-12-11-20-14-7-9-16(10-8-14)23(24)25;/h7-10,15,17,20H,3-6,11-13H2,1-2H3,(H2,19,21,22);1H. The van der Waals surface area contributed by atoms with E-state index in [1.807, 2.05) is 6.92 Å². The van der Waals surface area contributed by atoms with Crippen molar-refractivity contribution in [3.63, 3.8) is 0 Å². The monoisotopic (exact) mass is 523 g/mol. The second kappa shape index (κ2) is 12.9. The van der Waals surface area contributed by atoms with E-state index in [-0.39, 0.29) is 34.9 Å². The molecule has 8 nitrogen and oxygen atoms in total. The second-order valence-electron chi connectivity index (χ2n) is 6.53. The van der Waals surface area contributed by atoms with Crippen LogP contribution in [0.3, 0.4) is 0 Å². The lowest BCUT2D eigenvalue weighted by Gasteiger charge is -2.30. The number of nitrogens with one attached hydrogen (secondary N) is 3. The van der Waals surface area contributed by atoms with E-state index < -0.39 is 15.7 Å². The van der Waals surface area contributed by atoms with E-state index in [2.05, 4.69) is 20.9 Å². The number of halogens is 1. The Hall–Kier alpha value is -1.43. The topological polar surface area (TPSA) is 109 Å². The Morgan fingerprint density at radius 2 is 2.00 bits per heavy atom. The summed E-state index contributed by atoms with van der Waals surface area (Å²) in [5.41, 5.74) is 0.917. The smallest absolute Gasteiger partial charge is 0.269 e. The molecule has 3 unspecified atom stereocenters. The first kappa shape index (κ1) is 24.6. The third-order valence-electron chi connectivity index (χ3n) is 4.67. The van der Waals surface area contributed by atoms with Crippen LogP contribution in [0, 0.1) is 10.1 Å². The molecule has 1 aliphatic rings. The van der Waals surface area contributed by atoms with Gasteiger partial charge in [-0.3, -0.25) is 19.3 Å². The second-order valence-corrected chi connectivity index (χ2v) is 8.53. The molecule has 10 heteroatoms. The van der Waals surface area contributed by atoms with Crippen molar-refractivity contribution in [2.24, 2.45) is 4.99 Å². The Balaban J connectivity index is 0.00000392. The van der Waals surface area contributed by atoms with Gasteiger partial charge in [0.1, 0.15) is 0 Å². The molecular formula is C18H30IN5O3S. The van der Waals surface area contributed by atoms with Gasteiger partial charge >= 0.3 is 0 Å². The van der Waals surface area contributed by atoms with Crippen LogP contribution >= 0.6 is 24.0 Å². The first-order chi connectivity index (χ1) is 13.0. The number of hydrogen-bond donors (Lipinski definition) is 3. The molecule has 158 valence electrons. The van der Waals surface area contributed by atoms with E-state index >= 15 is 0 Å². The number of benzene rings is 1. The van der Waals surface area contributed by atoms with Crippen molar-refractivity contribution in [3.05, 3.63) is 34.4 Å². The fraction of sp³-hybridized carbons (Fsp3) is 0.611. The predicted molar refractivity (Wildman–Crippen MR) is 126 cm³/mol. The van der Waals surface area contributed by atoms with Gasteiger partial charge in [0.2, 0.25) is 0 Å². The number of non-ortho nitro benzene ring substituents is 1. The Bertz CT molecular complexity index is 672. The van der Waals surface area contributed by atoms with E-state index in [1.54, 1.807) is 19.2 Å². The van der Waals surface area contributed by atoms with Gasteiger partial charge in [0.25, 0.3) is 5.69 Å². The Labute approximate surface area is 186 Å². The highest BCUT2D eigenvalue weighted by molar-refractivity contribution is 14.0. The summed E-state index contributed by atoms with van der Waals surface area (Å²) < 4.78 is 12.1. The van der Waals surface area contributed by atoms with Crippen LogP contribution in [-0.4, -0.2) is 52.3 Å². The highest BCUT2D eigenvalue weighted by Gasteiger charge is 2.25. The summed E-state index contributed by atoms with van der Waals surface area (Å²) in [5, 5.41) is 20.9. The maximum absolute atomic E-state index is 12.1. The zero-order valence-electron chi connectivity index (χ0n) is 16.3. The van der Waals surface area contributed by atoms with E-state index in [1.165, 1.54) is 12.1 Å². The summed E-state index contributed by atoms with van der Waals surface area (Å²) in [7, 11) is 1.00. The minimum atomic E-state index is -0.736. The normalized spacial score (nSPS) is 20.6. The molecule has 0 bridgehead atoms. The van der Waals surface area contributed by atoms with Gasteiger partial charge in [-0.2, -0.15) is 0 Å². The van der Waals surface area contributed by atoms with E-state index in [0.717, 1.165) is 43.1 Å². The largest absolute Gasteiger partial charge is 0.383 e. The minimum Gasteiger partial charge on any atom is -0.383 e. The predicted octanol–water partition coefficient (Wildman–Crippen LogP) is 2.87. The molecular weight excluding hydrogens is 493 g/mol. The van der Waals surface area contributed by atoms with E-state index in [9.17, 15) is 14.3 Å². The third-order valence-corrected chi connectivity index (χ3v) is 6.41. The van der Waals surface area contributed by atoms with Gasteiger partial charge in [-0.1, -0.05) is 13.3 Å². The molecule has 1 aliphatic carbocycles. The molecule has 0 heterocycles. The average Bonchev–Trinajstić information content (AvgIpc) is 2.70. The number of hydrogen-bond acceptors (Lipinski definition) is 5. The molecule has 0 radical (unpaired) electrons. The van der Waals surface area contributed by atoms with Crippen LogP contribution in [0.15, 0.2) is 29.3 Å². The van der Waals surface area contributed by atoms with Crippen molar-refractivity contribution in [1.82, 2.24) is 10.6 Å². The number of anilines is 1. The maximum Gasteiger partial charge on any atom is 0.269 e. The van der Waals surface area contributed by atoms with Crippen molar-refractivity contribution >= 4 is 52.1 Å². The molecule has 1 fully saturated rings. The lowest BCUT2D eigenvalue weighted by Crippen LogP contribution is -2.47. The number of nitrogens with zero attached hydrogens (tertiary/aromatic N) is 2.